The number of phenols is 1. The van der Waals surface area contributed by atoms with E-state index in [1.165, 1.54) is 13.2 Å². The van der Waals surface area contributed by atoms with Gasteiger partial charge in [-0.3, -0.25) is 0 Å². The Kier molecular flexibility index (Phi) is 3.11. The fourth-order valence-electron chi connectivity index (χ4n) is 1.02. The molecule has 0 amide bonds. The minimum Gasteiger partial charge on any atom is -0.504 e. The van der Waals surface area contributed by atoms with Crippen molar-refractivity contribution in [3.05, 3.63) is 21.9 Å². The normalized spacial score (nSPS) is 10.2. The van der Waals surface area contributed by atoms with E-state index in [2.05, 4.69) is 15.9 Å². The summed E-state index contributed by atoms with van der Waals surface area (Å²) in [5.41, 5.74) is 5.31. The zero-order valence-corrected chi connectivity index (χ0v) is 8.56. The molecule has 0 spiro atoms. The molecule has 0 atom stereocenters. The molecule has 1 aromatic carbocycles. The van der Waals surface area contributed by atoms with Crippen LogP contribution in [0.4, 0.5) is 4.39 Å². The number of hydrogen-bond acceptors (Lipinski definition) is 3. The number of nitrogens with two attached hydrogens (primary N) is 1. The highest BCUT2D eigenvalue weighted by atomic mass is 79.9. The fraction of sp³-hybridized carbons (Fsp3) is 0.250. The summed E-state index contributed by atoms with van der Waals surface area (Å²) in [6.45, 7) is -0.0681. The minimum atomic E-state index is -0.548. The molecule has 0 aliphatic carbocycles. The standard InChI is InChI=1S/C8H9BrFNO2/c1-13-8-5(9)2-6(10)4(3-11)7(8)12/h2,12H,3,11H2,1H3. The van der Waals surface area contributed by atoms with Crippen LogP contribution in [0.5, 0.6) is 11.5 Å². The van der Waals surface area contributed by atoms with Gasteiger partial charge in [0.05, 0.1) is 11.6 Å². The predicted octanol–water partition coefficient (Wildman–Crippen LogP) is 1.76. The summed E-state index contributed by atoms with van der Waals surface area (Å²) in [5, 5.41) is 9.48. The minimum absolute atomic E-state index is 0.0556. The van der Waals surface area contributed by atoms with Crippen molar-refractivity contribution in [1.82, 2.24) is 0 Å². The lowest BCUT2D eigenvalue weighted by Crippen LogP contribution is -2.02. The van der Waals surface area contributed by atoms with Crippen LogP contribution >= 0.6 is 15.9 Å². The maximum atomic E-state index is 13.1. The summed E-state index contributed by atoms with van der Waals surface area (Å²) in [5.74, 6) is -0.605. The number of phenolic OH excluding ortho intramolecular Hbond substituents is 1. The van der Waals surface area contributed by atoms with E-state index in [0.717, 1.165) is 0 Å². The van der Waals surface area contributed by atoms with Crippen LogP contribution in [0.3, 0.4) is 0 Å². The fourth-order valence-corrected chi connectivity index (χ4v) is 1.57. The van der Waals surface area contributed by atoms with Gasteiger partial charge in [-0.2, -0.15) is 0 Å². The summed E-state index contributed by atoms with van der Waals surface area (Å²) in [6.07, 6.45) is 0. The maximum absolute atomic E-state index is 13.1. The monoisotopic (exact) mass is 249 g/mol. The Morgan fingerprint density at radius 2 is 2.31 bits per heavy atom. The van der Waals surface area contributed by atoms with Crippen LogP contribution < -0.4 is 10.5 Å². The average Bonchev–Trinajstić information content (AvgIpc) is 2.04. The van der Waals surface area contributed by atoms with Gasteiger partial charge >= 0.3 is 0 Å². The first-order valence-corrected chi connectivity index (χ1v) is 4.35. The molecular weight excluding hydrogens is 241 g/mol. The van der Waals surface area contributed by atoms with Crippen LogP contribution in [-0.4, -0.2) is 12.2 Å². The molecule has 0 bridgehead atoms. The van der Waals surface area contributed by atoms with Gasteiger partial charge in [0.15, 0.2) is 11.5 Å². The molecule has 3 nitrogen and oxygen atoms in total. The van der Waals surface area contributed by atoms with E-state index in [9.17, 15) is 9.50 Å². The van der Waals surface area contributed by atoms with Crippen LogP contribution in [0.2, 0.25) is 0 Å². The van der Waals surface area contributed by atoms with E-state index < -0.39 is 5.82 Å². The number of halogens is 2. The smallest absolute Gasteiger partial charge is 0.175 e. The van der Waals surface area contributed by atoms with Gasteiger partial charge in [-0.1, -0.05) is 0 Å². The summed E-state index contributed by atoms with van der Waals surface area (Å²) < 4.78 is 18.3. The molecule has 72 valence electrons. The van der Waals surface area contributed by atoms with Crippen molar-refractivity contribution < 1.29 is 14.2 Å². The number of methoxy groups -OCH3 is 1. The largest absolute Gasteiger partial charge is 0.504 e. The second-order valence-corrected chi connectivity index (χ2v) is 3.26. The molecule has 0 radical (unpaired) electrons. The topological polar surface area (TPSA) is 55.5 Å². The van der Waals surface area contributed by atoms with Gasteiger partial charge in [0.1, 0.15) is 5.82 Å². The molecule has 13 heavy (non-hydrogen) atoms. The number of ether oxygens (including phenoxy) is 1. The average molecular weight is 250 g/mol. The Morgan fingerprint density at radius 1 is 1.69 bits per heavy atom. The molecule has 0 saturated carbocycles. The zero-order valence-electron chi connectivity index (χ0n) is 6.97. The summed E-state index contributed by atoms with van der Waals surface area (Å²) in [6, 6.07) is 1.21. The SMILES string of the molecule is COc1c(Br)cc(F)c(CN)c1O. The lowest BCUT2D eigenvalue weighted by molar-refractivity contribution is 0.364. The van der Waals surface area contributed by atoms with Crippen molar-refractivity contribution in [3.8, 4) is 11.5 Å². The molecular formula is C8H9BrFNO2. The van der Waals surface area contributed by atoms with Gasteiger partial charge < -0.3 is 15.6 Å². The highest BCUT2D eigenvalue weighted by Crippen LogP contribution is 2.38. The van der Waals surface area contributed by atoms with Gasteiger partial charge in [-0.25, -0.2) is 4.39 Å². The second kappa shape index (κ2) is 3.93. The van der Waals surface area contributed by atoms with Gasteiger partial charge in [-0.05, 0) is 22.0 Å². The van der Waals surface area contributed by atoms with Gasteiger partial charge in [0, 0.05) is 12.1 Å². The summed E-state index contributed by atoms with van der Waals surface area (Å²) in [7, 11) is 1.39. The number of hydrogen-bond donors (Lipinski definition) is 2. The van der Waals surface area contributed by atoms with Gasteiger partial charge in [-0.15, -0.1) is 0 Å². The van der Waals surface area contributed by atoms with Crippen molar-refractivity contribution in [3.63, 3.8) is 0 Å². The van der Waals surface area contributed by atoms with E-state index in [4.69, 9.17) is 10.5 Å². The van der Waals surface area contributed by atoms with Gasteiger partial charge in [0.2, 0.25) is 0 Å². The van der Waals surface area contributed by atoms with E-state index in [1.807, 2.05) is 0 Å². The molecule has 0 fully saturated rings. The Hall–Kier alpha value is -0.810. The Morgan fingerprint density at radius 3 is 2.77 bits per heavy atom. The molecule has 0 aliphatic heterocycles. The molecule has 3 N–H and O–H groups in total. The molecule has 0 aromatic heterocycles. The number of rotatable bonds is 2. The molecule has 1 aromatic rings. The third-order valence-electron chi connectivity index (χ3n) is 1.67. The summed E-state index contributed by atoms with van der Waals surface area (Å²) in [4.78, 5) is 0. The van der Waals surface area contributed by atoms with Crippen LogP contribution in [0, 0.1) is 5.82 Å². The molecule has 0 saturated heterocycles. The molecule has 0 heterocycles. The molecule has 0 unspecified atom stereocenters. The van der Waals surface area contributed by atoms with Crippen molar-refractivity contribution in [2.45, 2.75) is 6.54 Å². The predicted molar refractivity (Wildman–Crippen MR) is 50.2 cm³/mol. The Balaban J connectivity index is 3.39. The first-order valence-electron chi connectivity index (χ1n) is 3.55. The van der Waals surface area contributed by atoms with E-state index in [-0.39, 0.29) is 23.6 Å². The second-order valence-electron chi connectivity index (χ2n) is 2.40. The first kappa shape index (κ1) is 10.3. The summed E-state index contributed by atoms with van der Waals surface area (Å²) >= 11 is 3.06. The lowest BCUT2D eigenvalue weighted by atomic mass is 10.2. The molecule has 5 heteroatoms. The van der Waals surface area contributed by atoms with Crippen molar-refractivity contribution in [1.29, 1.82) is 0 Å². The highest BCUT2D eigenvalue weighted by molar-refractivity contribution is 9.10. The first-order chi connectivity index (χ1) is 6.11. The van der Waals surface area contributed by atoms with Crippen LogP contribution in [0.1, 0.15) is 5.56 Å². The zero-order chi connectivity index (χ0) is 10.0. The highest BCUT2D eigenvalue weighted by Gasteiger charge is 2.15. The number of aromatic hydroxyl groups is 1. The van der Waals surface area contributed by atoms with E-state index >= 15 is 0 Å². The van der Waals surface area contributed by atoms with Gasteiger partial charge in [0.25, 0.3) is 0 Å². The van der Waals surface area contributed by atoms with E-state index in [0.29, 0.717) is 4.47 Å². The maximum Gasteiger partial charge on any atom is 0.175 e. The van der Waals surface area contributed by atoms with Crippen molar-refractivity contribution in [2.75, 3.05) is 7.11 Å². The van der Waals surface area contributed by atoms with Crippen molar-refractivity contribution >= 4 is 15.9 Å². The molecule has 1 rings (SSSR count). The lowest BCUT2D eigenvalue weighted by Gasteiger charge is -2.10. The van der Waals surface area contributed by atoms with Crippen LogP contribution in [0.25, 0.3) is 0 Å². The third-order valence-corrected chi connectivity index (χ3v) is 2.26. The Labute approximate surface area is 83.4 Å². The van der Waals surface area contributed by atoms with Crippen molar-refractivity contribution in [2.24, 2.45) is 5.73 Å². The van der Waals surface area contributed by atoms with E-state index in [1.54, 1.807) is 0 Å². The van der Waals surface area contributed by atoms with Crippen LogP contribution in [0.15, 0.2) is 10.5 Å². The quantitative estimate of drug-likeness (QED) is 0.840. The third kappa shape index (κ3) is 1.76. The van der Waals surface area contributed by atoms with Crippen LogP contribution in [-0.2, 0) is 6.54 Å². The number of benzene rings is 1. The Bertz CT molecular complexity index is 302. The molecule has 0 aliphatic rings.